The SMILES string of the molecule is O=C(/C=C/[C@@]12O[C@@H]1C[C@@H]1OC(=O)C[C@@H]12)OCc1ccccc1. The zero-order valence-corrected chi connectivity index (χ0v) is 11.9. The maximum absolute atomic E-state index is 11.8. The second kappa shape index (κ2) is 4.95. The van der Waals surface area contributed by atoms with Gasteiger partial charge in [-0.3, -0.25) is 4.79 Å². The van der Waals surface area contributed by atoms with Crippen molar-refractivity contribution in [2.75, 3.05) is 0 Å². The summed E-state index contributed by atoms with van der Waals surface area (Å²) in [6, 6.07) is 9.51. The lowest BCUT2D eigenvalue weighted by Gasteiger charge is -2.14. The predicted octanol–water partition coefficient (Wildman–Crippen LogP) is 1.76. The van der Waals surface area contributed by atoms with Crippen molar-refractivity contribution in [2.45, 2.75) is 37.3 Å². The van der Waals surface area contributed by atoms with Crippen molar-refractivity contribution >= 4 is 11.9 Å². The Morgan fingerprint density at radius 2 is 2.18 bits per heavy atom. The van der Waals surface area contributed by atoms with Crippen LogP contribution in [0.1, 0.15) is 18.4 Å². The van der Waals surface area contributed by atoms with Crippen LogP contribution in [0.5, 0.6) is 0 Å². The van der Waals surface area contributed by atoms with Crippen LogP contribution in [0.3, 0.4) is 0 Å². The number of esters is 2. The summed E-state index contributed by atoms with van der Waals surface area (Å²) in [5.41, 5.74) is 0.446. The molecule has 1 saturated carbocycles. The second-order valence-electron chi connectivity index (χ2n) is 5.96. The highest BCUT2D eigenvalue weighted by Crippen LogP contribution is 2.58. The van der Waals surface area contributed by atoms with Crippen LogP contribution in [0.2, 0.25) is 0 Å². The highest BCUT2D eigenvalue weighted by molar-refractivity contribution is 5.82. The molecule has 1 aromatic rings. The van der Waals surface area contributed by atoms with Crippen molar-refractivity contribution in [3.8, 4) is 0 Å². The number of rotatable bonds is 4. The number of hydrogen-bond donors (Lipinski definition) is 0. The van der Waals surface area contributed by atoms with Gasteiger partial charge in [0.05, 0.1) is 12.5 Å². The molecule has 0 unspecified atom stereocenters. The number of fused-ring (bicyclic) bond motifs is 3. The largest absolute Gasteiger partial charge is 0.462 e. The quantitative estimate of drug-likeness (QED) is 0.481. The average Bonchev–Trinajstić information content (AvgIpc) is 2.96. The third-order valence-electron chi connectivity index (χ3n) is 4.64. The van der Waals surface area contributed by atoms with E-state index < -0.39 is 11.6 Å². The van der Waals surface area contributed by atoms with Gasteiger partial charge in [0.2, 0.25) is 0 Å². The fourth-order valence-electron chi connectivity index (χ4n) is 3.50. The lowest BCUT2D eigenvalue weighted by Crippen LogP contribution is -2.24. The summed E-state index contributed by atoms with van der Waals surface area (Å²) in [6.45, 7) is 0.245. The van der Waals surface area contributed by atoms with Crippen molar-refractivity contribution in [3.05, 3.63) is 48.0 Å². The number of epoxide rings is 1. The Kier molecular flexibility index (Phi) is 3.04. The van der Waals surface area contributed by atoms with E-state index in [0.717, 1.165) is 12.0 Å². The first kappa shape index (κ1) is 13.5. The normalized spacial score (nSPS) is 35.1. The number of hydrogen-bond acceptors (Lipinski definition) is 5. The van der Waals surface area contributed by atoms with E-state index in [-0.39, 0.29) is 30.7 Å². The minimum Gasteiger partial charge on any atom is -0.462 e. The lowest BCUT2D eigenvalue weighted by atomic mass is 9.91. The summed E-state index contributed by atoms with van der Waals surface area (Å²) >= 11 is 0. The van der Waals surface area contributed by atoms with Crippen LogP contribution >= 0.6 is 0 Å². The van der Waals surface area contributed by atoms with Gasteiger partial charge in [0.15, 0.2) is 0 Å². The van der Waals surface area contributed by atoms with E-state index in [1.54, 1.807) is 6.08 Å². The molecule has 0 spiro atoms. The molecule has 1 aliphatic carbocycles. The molecule has 2 saturated heterocycles. The Balaban J connectivity index is 1.36. The van der Waals surface area contributed by atoms with Gasteiger partial charge in [0.25, 0.3) is 0 Å². The van der Waals surface area contributed by atoms with Crippen LogP contribution in [0.25, 0.3) is 0 Å². The van der Waals surface area contributed by atoms with E-state index in [4.69, 9.17) is 14.2 Å². The first-order valence-electron chi connectivity index (χ1n) is 7.44. The molecule has 3 fully saturated rings. The standard InChI is InChI=1S/C17H16O5/c18-15(20-10-11-4-2-1-3-5-11)6-7-17-12-8-16(19)21-13(12)9-14(17)22-17/h1-7,12-14H,8-10H2/b7-6+/t12-,13-,14+,17-/m0/s1. The fraction of sp³-hybridized carbons (Fsp3) is 0.412. The third-order valence-corrected chi connectivity index (χ3v) is 4.64. The Morgan fingerprint density at radius 3 is 3.00 bits per heavy atom. The Labute approximate surface area is 127 Å². The summed E-state index contributed by atoms with van der Waals surface area (Å²) in [5, 5.41) is 0. The van der Waals surface area contributed by atoms with Crippen molar-refractivity contribution in [2.24, 2.45) is 5.92 Å². The molecule has 5 heteroatoms. The van der Waals surface area contributed by atoms with Gasteiger partial charge in [-0.15, -0.1) is 0 Å². The van der Waals surface area contributed by atoms with Gasteiger partial charge >= 0.3 is 11.9 Å². The van der Waals surface area contributed by atoms with E-state index in [1.165, 1.54) is 6.08 Å². The summed E-state index contributed by atoms with van der Waals surface area (Å²) in [4.78, 5) is 23.2. The predicted molar refractivity (Wildman–Crippen MR) is 75.6 cm³/mol. The monoisotopic (exact) mass is 300 g/mol. The van der Waals surface area contributed by atoms with E-state index in [9.17, 15) is 9.59 Å². The minimum absolute atomic E-state index is 0.0307. The Morgan fingerprint density at radius 1 is 1.36 bits per heavy atom. The van der Waals surface area contributed by atoms with Crippen molar-refractivity contribution in [1.82, 2.24) is 0 Å². The van der Waals surface area contributed by atoms with Crippen molar-refractivity contribution < 1.29 is 23.8 Å². The van der Waals surface area contributed by atoms with E-state index in [2.05, 4.69) is 0 Å². The van der Waals surface area contributed by atoms with Crippen LogP contribution < -0.4 is 0 Å². The minimum atomic E-state index is -0.497. The molecule has 0 bridgehead atoms. The van der Waals surface area contributed by atoms with E-state index >= 15 is 0 Å². The van der Waals surface area contributed by atoms with Crippen LogP contribution in [0, 0.1) is 5.92 Å². The molecule has 2 heterocycles. The number of ether oxygens (including phenoxy) is 3. The molecule has 4 atom stereocenters. The summed E-state index contributed by atoms with van der Waals surface area (Å²) in [6.07, 6.45) is 4.25. The molecule has 3 aliphatic rings. The lowest BCUT2D eigenvalue weighted by molar-refractivity contribution is -0.142. The third kappa shape index (κ3) is 2.22. The second-order valence-corrected chi connectivity index (χ2v) is 5.96. The molecule has 5 nitrogen and oxygen atoms in total. The van der Waals surface area contributed by atoms with Crippen molar-refractivity contribution in [1.29, 1.82) is 0 Å². The molecule has 2 aliphatic heterocycles. The van der Waals surface area contributed by atoms with Gasteiger partial charge in [-0.05, 0) is 11.6 Å². The van der Waals surface area contributed by atoms with E-state index in [1.807, 2.05) is 30.3 Å². The summed E-state index contributed by atoms with van der Waals surface area (Å²) in [5.74, 6) is -0.548. The maximum Gasteiger partial charge on any atom is 0.330 e. The highest BCUT2D eigenvalue weighted by Gasteiger charge is 2.70. The Hall–Kier alpha value is -2.14. The van der Waals surface area contributed by atoms with E-state index in [0.29, 0.717) is 6.42 Å². The molecule has 0 N–H and O–H groups in total. The van der Waals surface area contributed by atoms with Gasteiger partial charge in [-0.25, -0.2) is 4.79 Å². The Bertz CT molecular complexity index is 638. The fourth-order valence-corrected chi connectivity index (χ4v) is 3.50. The summed E-state index contributed by atoms with van der Waals surface area (Å²) < 4.78 is 16.1. The van der Waals surface area contributed by atoms with Crippen LogP contribution in [0.15, 0.2) is 42.5 Å². The highest BCUT2D eigenvalue weighted by atomic mass is 16.6. The smallest absolute Gasteiger partial charge is 0.330 e. The molecule has 22 heavy (non-hydrogen) atoms. The van der Waals surface area contributed by atoms with Gasteiger partial charge in [-0.2, -0.15) is 0 Å². The molecule has 0 amide bonds. The molecule has 1 aromatic carbocycles. The molecular weight excluding hydrogens is 284 g/mol. The van der Waals surface area contributed by atoms with Crippen LogP contribution in [-0.2, 0) is 30.4 Å². The van der Waals surface area contributed by atoms with Gasteiger partial charge in [-0.1, -0.05) is 30.3 Å². The zero-order chi connectivity index (χ0) is 15.2. The van der Waals surface area contributed by atoms with Gasteiger partial charge in [0.1, 0.15) is 18.3 Å². The summed E-state index contributed by atoms with van der Waals surface area (Å²) in [7, 11) is 0. The van der Waals surface area contributed by atoms with Crippen molar-refractivity contribution in [3.63, 3.8) is 0 Å². The first-order chi connectivity index (χ1) is 10.7. The topological polar surface area (TPSA) is 65.1 Å². The first-order valence-corrected chi connectivity index (χ1v) is 7.44. The zero-order valence-electron chi connectivity index (χ0n) is 11.9. The maximum atomic E-state index is 11.8. The van der Waals surface area contributed by atoms with Gasteiger partial charge < -0.3 is 14.2 Å². The van der Waals surface area contributed by atoms with Gasteiger partial charge in [0, 0.05) is 18.4 Å². The number of carbonyl (C=O) groups excluding carboxylic acids is 2. The van der Waals surface area contributed by atoms with Crippen LogP contribution in [-0.4, -0.2) is 29.7 Å². The molecule has 0 aromatic heterocycles. The number of carbonyl (C=O) groups is 2. The molecule has 4 rings (SSSR count). The average molecular weight is 300 g/mol. The molecular formula is C17H16O5. The molecule has 114 valence electrons. The van der Waals surface area contributed by atoms with Crippen LogP contribution in [0.4, 0.5) is 0 Å². The number of benzene rings is 1. The molecule has 0 radical (unpaired) electrons.